The number of amides is 1. The van der Waals surface area contributed by atoms with Gasteiger partial charge in [-0.15, -0.1) is 0 Å². The van der Waals surface area contributed by atoms with Crippen LogP contribution in [-0.4, -0.2) is 46.0 Å². The molecule has 0 heterocycles. The summed E-state index contributed by atoms with van der Waals surface area (Å²) in [6.07, 6.45) is 0. The molecule has 0 fully saturated rings. The molecule has 0 spiro atoms. The Balaban J connectivity index is 3.09. The van der Waals surface area contributed by atoms with E-state index in [2.05, 4.69) is 0 Å². The van der Waals surface area contributed by atoms with Crippen molar-refractivity contribution in [2.24, 2.45) is 0 Å². The SMILES string of the molecule is CCOCCN(C)C(=O)c1cc(C)c(Cl)c(S(=O)(=O)Cl)c1. The van der Waals surface area contributed by atoms with Crippen LogP contribution < -0.4 is 0 Å². The summed E-state index contributed by atoms with van der Waals surface area (Å²) < 4.78 is 28.2. The minimum absolute atomic E-state index is 0.0264. The molecule has 0 atom stereocenters. The standard InChI is InChI=1S/C13H17Cl2NO4S/c1-4-20-6-5-16(3)13(17)10-7-9(2)12(14)11(8-10)21(15,18)19/h7-8H,4-6H2,1-3H3. The van der Waals surface area contributed by atoms with Gasteiger partial charge in [-0.2, -0.15) is 0 Å². The smallest absolute Gasteiger partial charge is 0.262 e. The van der Waals surface area contributed by atoms with Crippen LogP contribution in [0.3, 0.4) is 0 Å². The number of nitrogens with zero attached hydrogens (tertiary/aromatic N) is 1. The van der Waals surface area contributed by atoms with E-state index in [0.29, 0.717) is 25.3 Å². The summed E-state index contributed by atoms with van der Waals surface area (Å²) in [4.78, 5) is 13.5. The van der Waals surface area contributed by atoms with Gasteiger partial charge in [0.1, 0.15) is 4.90 Å². The zero-order valence-electron chi connectivity index (χ0n) is 12.0. The highest BCUT2D eigenvalue weighted by Gasteiger charge is 2.21. The van der Waals surface area contributed by atoms with Gasteiger partial charge in [-0.05, 0) is 31.5 Å². The maximum Gasteiger partial charge on any atom is 0.262 e. The Morgan fingerprint density at radius 1 is 1.38 bits per heavy atom. The van der Waals surface area contributed by atoms with E-state index >= 15 is 0 Å². The molecule has 0 saturated heterocycles. The monoisotopic (exact) mass is 353 g/mol. The molecule has 1 amide bonds. The number of benzene rings is 1. The molecule has 0 radical (unpaired) electrons. The van der Waals surface area contributed by atoms with Gasteiger partial charge >= 0.3 is 0 Å². The molecule has 1 aromatic rings. The van der Waals surface area contributed by atoms with Gasteiger partial charge in [-0.1, -0.05) is 11.6 Å². The molecule has 0 bridgehead atoms. The molecule has 0 saturated carbocycles. The molecule has 0 unspecified atom stereocenters. The Bertz CT molecular complexity index is 631. The van der Waals surface area contributed by atoms with Gasteiger partial charge in [-0.3, -0.25) is 4.79 Å². The third kappa shape index (κ3) is 4.85. The summed E-state index contributed by atoms with van der Waals surface area (Å²) >= 11 is 5.93. The van der Waals surface area contributed by atoms with Crippen LogP contribution in [-0.2, 0) is 13.8 Å². The Morgan fingerprint density at radius 2 is 2.00 bits per heavy atom. The van der Waals surface area contributed by atoms with Crippen molar-refractivity contribution in [3.63, 3.8) is 0 Å². The van der Waals surface area contributed by atoms with Crippen molar-refractivity contribution in [1.82, 2.24) is 4.90 Å². The quantitative estimate of drug-likeness (QED) is 0.582. The van der Waals surface area contributed by atoms with Gasteiger partial charge in [-0.25, -0.2) is 8.42 Å². The first kappa shape index (κ1) is 18.2. The lowest BCUT2D eigenvalue weighted by Gasteiger charge is -2.18. The Morgan fingerprint density at radius 3 is 2.52 bits per heavy atom. The van der Waals surface area contributed by atoms with Gasteiger partial charge in [0, 0.05) is 36.4 Å². The second-order valence-electron chi connectivity index (χ2n) is 4.47. The maximum atomic E-state index is 12.3. The largest absolute Gasteiger partial charge is 0.380 e. The average molecular weight is 354 g/mol. The number of likely N-dealkylation sites (N-methyl/N-ethyl adjacent to an activating group) is 1. The predicted molar refractivity (Wildman–Crippen MR) is 82.7 cm³/mol. The van der Waals surface area contributed by atoms with Gasteiger partial charge in [0.25, 0.3) is 15.0 Å². The zero-order chi connectivity index (χ0) is 16.2. The number of halogens is 2. The van der Waals surface area contributed by atoms with Crippen molar-refractivity contribution in [2.75, 3.05) is 26.8 Å². The van der Waals surface area contributed by atoms with Crippen molar-refractivity contribution in [3.05, 3.63) is 28.3 Å². The first-order chi connectivity index (χ1) is 9.68. The maximum absolute atomic E-state index is 12.3. The minimum Gasteiger partial charge on any atom is -0.380 e. The van der Waals surface area contributed by atoms with Crippen LogP contribution in [0.1, 0.15) is 22.8 Å². The number of hydrogen-bond acceptors (Lipinski definition) is 4. The van der Waals surface area contributed by atoms with E-state index in [9.17, 15) is 13.2 Å². The highest BCUT2D eigenvalue weighted by atomic mass is 35.7. The van der Waals surface area contributed by atoms with Crippen molar-refractivity contribution in [2.45, 2.75) is 18.7 Å². The Labute approximate surface area is 134 Å². The van der Waals surface area contributed by atoms with E-state index in [0.717, 1.165) is 0 Å². The topological polar surface area (TPSA) is 63.7 Å². The summed E-state index contributed by atoms with van der Waals surface area (Å²) in [6.45, 7) is 4.85. The number of carbonyl (C=O) groups excluding carboxylic acids is 1. The summed E-state index contributed by atoms with van der Waals surface area (Å²) in [5.74, 6) is -0.323. The number of ether oxygens (including phenoxy) is 1. The van der Waals surface area contributed by atoms with Crippen molar-refractivity contribution >= 4 is 37.2 Å². The summed E-state index contributed by atoms with van der Waals surface area (Å²) in [5.41, 5.74) is 0.690. The summed E-state index contributed by atoms with van der Waals surface area (Å²) in [6, 6.07) is 2.73. The Kier molecular flexibility index (Phi) is 6.46. The van der Waals surface area contributed by atoms with E-state index < -0.39 is 9.05 Å². The second-order valence-corrected chi connectivity index (χ2v) is 7.38. The van der Waals surface area contributed by atoms with Crippen LogP contribution in [0.5, 0.6) is 0 Å². The number of carbonyl (C=O) groups is 1. The van der Waals surface area contributed by atoms with Gasteiger partial charge in [0.05, 0.1) is 11.6 Å². The molecule has 0 aromatic heterocycles. The van der Waals surface area contributed by atoms with E-state index in [1.807, 2.05) is 6.92 Å². The summed E-state index contributed by atoms with van der Waals surface area (Å²) in [7, 11) is 2.93. The molecule has 8 heteroatoms. The highest BCUT2D eigenvalue weighted by molar-refractivity contribution is 8.13. The molecule has 1 aromatic carbocycles. The molecule has 5 nitrogen and oxygen atoms in total. The van der Waals surface area contributed by atoms with Crippen molar-refractivity contribution < 1.29 is 17.9 Å². The fourth-order valence-corrected chi connectivity index (χ4v) is 3.25. The predicted octanol–water partition coefficient (Wildman–Crippen LogP) is 2.68. The van der Waals surface area contributed by atoms with Crippen molar-refractivity contribution in [3.8, 4) is 0 Å². The average Bonchev–Trinajstić information content (AvgIpc) is 2.39. The van der Waals surface area contributed by atoms with E-state index in [-0.39, 0.29) is 21.4 Å². The van der Waals surface area contributed by atoms with Crippen LogP contribution in [0.15, 0.2) is 17.0 Å². The normalized spacial score (nSPS) is 11.5. The van der Waals surface area contributed by atoms with Crippen LogP contribution in [0.25, 0.3) is 0 Å². The molecule has 0 aliphatic carbocycles. The molecule has 21 heavy (non-hydrogen) atoms. The Hall–Kier alpha value is -0.820. The molecular formula is C13H17Cl2NO4S. The number of rotatable bonds is 6. The fourth-order valence-electron chi connectivity index (χ4n) is 1.71. The molecular weight excluding hydrogens is 337 g/mol. The van der Waals surface area contributed by atoms with Gasteiger partial charge in [0.15, 0.2) is 0 Å². The number of aryl methyl sites for hydroxylation is 1. The second kappa shape index (κ2) is 7.45. The zero-order valence-corrected chi connectivity index (χ0v) is 14.3. The lowest BCUT2D eigenvalue weighted by Crippen LogP contribution is -2.30. The molecule has 118 valence electrons. The fraction of sp³-hybridized carbons (Fsp3) is 0.462. The van der Waals surface area contributed by atoms with Crippen molar-refractivity contribution in [1.29, 1.82) is 0 Å². The van der Waals surface area contributed by atoms with Gasteiger partial charge in [0.2, 0.25) is 0 Å². The first-order valence-corrected chi connectivity index (χ1v) is 8.95. The highest BCUT2D eigenvalue weighted by Crippen LogP contribution is 2.29. The van der Waals surface area contributed by atoms with Crippen LogP contribution in [0.4, 0.5) is 0 Å². The summed E-state index contributed by atoms with van der Waals surface area (Å²) in [5, 5.41) is 0.0264. The van der Waals surface area contributed by atoms with Crippen LogP contribution in [0.2, 0.25) is 5.02 Å². The van der Waals surface area contributed by atoms with E-state index in [1.165, 1.54) is 17.0 Å². The van der Waals surface area contributed by atoms with E-state index in [1.54, 1.807) is 14.0 Å². The van der Waals surface area contributed by atoms with Gasteiger partial charge < -0.3 is 9.64 Å². The molecule has 0 aliphatic heterocycles. The lowest BCUT2D eigenvalue weighted by molar-refractivity contribution is 0.0709. The molecule has 0 aliphatic rings. The molecule has 1 rings (SSSR count). The third-order valence-corrected chi connectivity index (χ3v) is 4.81. The lowest BCUT2D eigenvalue weighted by atomic mass is 10.1. The number of hydrogen-bond donors (Lipinski definition) is 0. The molecule has 0 N–H and O–H groups in total. The third-order valence-electron chi connectivity index (χ3n) is 2.85. The van der Waals surface area contributed by atoms with Crippen LogP contribution >= 0.6 is 22.3 Å². The van der Waals surface area contributed by atoms with E-state index in [4.69, 9.17) is 27.0 Å². The first-order valence-electron chi connectivity index (χ1n) is 6.26. The minimum atomic E-state index is -4.01. The van der Waals surface area contributed by atoms with Crippen LogP contribution in [0, 0.1) is 6.92 Å².